The van der Waals surface area contributed by atoms with E-state index in [1.54, 1.807) is 29.0 Å². The van der Waals surface area contributed by atoms with Crippen LogP contribution in [0.25, 0.3) is 0 Å². The van der Waals surface area contributed by atoms with Crippen LogP contribution in [0.3, 0.4) is 0 Å². The topological polar surface area (TPSA) is 51.9 Å². The number of halogens is 1. The minimum Gasteiger partial charge on any atom is -0.444 e. The maximum absolute atomic E-state index is 12.3. The molecule has 0 radical (unpaired) electrons. The van der Waals surface area contributed by atoms with E-state index in [0.29, 0.717) is 18.1 Å². The number of carbonyl (C=O) groups excluding carboxylic acids is 1. The monoisotopic (exact) mass is 433 g/mol. The Balaban J connectivity index is 1.75. The standard InChI is InChI=1S/C23H30ClN2O4/c1-23(2,3)30-22(27)25-13-11-19(12-14-25)29-21(17-8-6-5-7-9-17)20-16-18(24)10-15-26(20)28-4/h5-10,15-16,19,21H,11-14H2,1-4H3/q+1. The fourth-order valence-electron chi connectivity index (χ4n) is 3.48. The van der Waals surface area contributed by atoms with Gasteiger partial charge in [-0.2, -0.15) is 0 Å². The maximum Gasteiger partial charge on any atom is 0.410 e. The Bertz CT molecular complexity index is 846. The van der Waals surface area contributed by atoms with Crippen molar-refractivity contribution >= 4 is 17.7 Å². The first kappa shape index (κ1) is 22.4. The average molecular weight is 434 g/mol. The molecule has 1 atom stereocenters. The molecule has 0 aliphatic carbocycles. The zero-order valence-corrected chi connectivity index (χ0v) is 18.8. The molecule has 1 fully saturated rings. The van der Waals surface area contributed by atoms with Gasteiger partial charge in [0.2, 0.25) is 6.20 Å². The maximum atomic E-state index is 12.3. The number of hydrogen-bond acceptors (Lipinski definition) is 4. The smallest absolute Gasteiger partial charge is 0.410 e. The van der Waals surface area contributed by atoms with Crippen molar-refractivity contribution in [3.05, 3.63) is 64.9 Å². The molecule has 1 aromatic heterocycles. The van der Waals surface area contributed by atoms with Crippen LogP contribution in [0.2, 0.25) is 5.02 Å². The molecule has 3 rings (SSSR count). The third-order valence-electron chi connectivity index (χ3n) is 4.90. The summed E-state index contributed by atoms with van der Waals surface area (Å²) in [6, 6.07) is 13.6. The number of nitrogens with zero attached hydrogens (tertiary/aromatic N) is 2. The third kappa shape index (κ3) is 5.86. The number of likely N-dealkylation sites (tertiary alicyclic amines) is 1. The first-order valence-corrected chi connectivity index (χ1v) is 10.6. The number of aromatic nitrogens is 1. The van der Waals surface area contributed by atoms with Gasteiger partial charge in [0.25, 0.3) is 5.69 Å². The third-order valence-corrected chi connectivity index (χ3v) is 5.13. The zero-order valence-electron chi connectivity index (χ0n) is 18.0. The van der Waals surface area contributed by atoms with Gasteiger partial charge >= 0.3 is 6.09 Å². The molecular formula is C23H30ClN2O4+. The van der Waals surface area contributed by atoms with Crippen molar-refractivity contribution in [1.82, 2.24) is 4.90 Å². The van der Waals surface area contributed by atoms with E-state index in [-0.39, 0.29) is 18.3 Å². The molecule has 1 unspecified atom stereocenters. The van der Waals surface area contributed by atoms with E-state index in [4.69, 9.17) is 25.9 Å². The molecule has 2 aromatic rings. The lowest BCUT2D eigenvalue weighted by Gasteiger charge is -2.34. The summed E-state index contributed by atoms with van der Waals surface area (Å²) in [5.41, 5.74) is 1.33. The van der Waals surface area contributed by atoms with Gasteiger partial charge in [-0.3, -0.25) is 4.84 Å². The van der Waals surface area contributed by atoms with Crippen LogP contribution < -0.4 is 9.57 Å². The van der Waals surface area contributed by atoms with Gasteiger partial charge in [-0.1, -0.05) is 41.9 Å². The van der Waals surface area contributed by atoms with E-state index in [9.17, 15) is 4.79 Å². The summed E-state index contributed by atoms with van der Waals surface area (Å²) in [5, 5.41) is 0.613. The largest absolute Gasteiger partial charge is 0.444 e. The summed E-state index contributed by atoms with van der Waals surface area (Å²) in [6.07, 6.45) is 2.63. The van der Waals surface area contributed by atoms with E-state index in [0.717, 1.165) is 24.1 Å². The molecule has 7 heteroatoms. The van der Waals surface area contributed by atoms with Gasteiger partial charge in [-0.25, -0.2) is 4.79 Å². The molecule has 1 amide bonds. The van der Waals surface area contributed by atoms with Crippen molar-refractivity contribution in [2.75, 3.05) is 20.2 Å². The normalized spacial score (nSPS) is 16.2. The lowest BCUT2D eigenvalue weighted by atomic mass is 10.0. The summed E-state index contributed by atoms with van der Waals surface area (Å²) in [4.78, 5) is 19.6. The Kier molecular flexibility index (Phi) is 7.21. The highest BCUT2D eigenvalue weighted by Crippen LogP contribution is 2.29. The number of benzene rings is 1. The number of carbonyl (C=O) groups is 1. The second-order valence-electron chi connectivity index (χ2n) is 8.37. The molecule has 0 saturated carbocycles. The number of piperidine rings is 1. The van der Waals surface area contributed by atoms with Crippen LogP contribution in [-0.2, 0) is 9.47 Å². The summed E-state index contributed by atoms with van der Waals surface area (Å²) >= 11 is 6.27. The molecule has 1 aliphatic heterocycles. The van der Waals surface area contributed by atoms with Gasteiger partial charge in [0.15, 0.2) is 6.10 Å². The number of hydrogen-bond donors (Lipinski definition) is 0. The van der Waals surface area contributed by atoms with Gasteiger partial charge in [0, 0.05) is 30.0 Å². The molecule has 1 aliphatic rings. The van der Waals surface area contributed by atoms with E-state index in [1.165, 1.54) is 0 Å². The minimum atomic E-state index is -0.497. The fourth-order valence-corrected chi connectivity index (χ4v) is 3.64. The fraction of sp³-hybridized carbons (Fsp3) is 0.478. The van der Waals surface area contributed by atoms with E-state index >= 15 is 0 Å². The molecule has 0 bridgehead atoms. The average Bonchev–Trinajstić information content (AvgIpc) is 2.72. The SMILES string of the molecule is CO[n+]1ccc(Cl)cc1C(OC1CCN(C(=O)OC(C)(C)C)CC1)c1ccccc1. The Hall–Kier alpha value is -2.31. The van der Waals surface area contributed by atoms with Gasteiger partial charge in [0.05, 0.1) is 11.1 Å². The van der Waals surface area contributed by atoms with E-state index in [1.807, 2.05) is 57.2 Å². The number of rotatable bonds is 5. The highest BCUT2D eigenvalue weighted by Gasteiger charge is 2.33. The number of amides is 1. The van der Waals surface area contributed by atoms with Crippen LogP contribution in [0.5, 0.6) is 0 Å². The lowest BCUT2D eigenvalue weighted by molar-refractivity contribution is -0.892. The van der Waals surface area contributed by atoms with E-state index in [2.05, 4.69) is 0 Å². The molecule has 0 spiro atoms. The van der Waals surface area contributed by atoms with Crippen LogP contribution >= 0.6 is 11.6 Å². The molecule has 2 heterocycles. The summed E-state index contributed by atoms with van der Waals surface area (Å²) in [7, 11) is 1.61. The van der Waals surface area contributed by atoms with Crippen molar-refractivity contribution in [3.63, 3.8) is 0 Å². The molecule has 6 nitrogen and oxygen atoms in total. The molecule has 30 heavy (non-hydrogen) atoms. The van der Waals surface area contributed by atoms with Gasteiger partial charge < -0.3 is 14.4 Å². The van der Waals surface area contributed by atoms with Crippen molar-refractivity contribution < 1.29 is 23.8 Å². The molecule has 0 N–H and O–H groups in total. The summed E-state index contributed by atoms with van der Waals surface area (Å²) in [6.45, 7) is 6.83. The van der Waals surface area contributed by atoms with Crippen molar-refractivity contribution in [2.24, 2.45) is 0 Å². The second kappa shape index (κ2) is 9.67. The van der Waals surface area contributed by atoms with Gasteiger partial charge in [-0.05, 0) is 39.2 Å². The van der Waals surface area contributed by atoms with Crippen LogP contribution in [0, 0.1) is 0 Å². The van der Waals surface area contributed by atoms with Crippen LogP contribution in [0.4, 0.5) is 4.79 Å². The predicted octanol–water partition coefficient (Wildman–Crippen LogP) is 4.19. The minimum absolute atomic E-state index is 0.00168. The Labute approximate surface area is 183 Å². The second-order valence-corrected chi connectivity index (χ2v) is 8.81. The first-order valence-electron chi connectivity index (χ1n) is 10.2. The van der Waals surface area contributed by atoms with Crippen LogP contribution in [-0.4, -0.2) is 42.9 Å². The predicted molar refractivity (Wildman–Crippen MR) is 114 cm³/mol. The Morgan fingerprint density at radius 1 is 1.17 bits per heavy atom. The summed E-state index contributed by atoms with van der Waals surface area (Å²) < 4.78 is 13.7. The Morgan fingerprint density at radius 3 is 2.43 bits per heavy atom. The summed E-state index contributed by atoms with van der Waals surface area (Å²) in [5.74, 6) is 0. The van der Waals surface area contributed by atoms with Gasteiger partial charge in [0.1, 0.15) is 12.7 Å². The molecular weight excluding hydrogens is 404 g/mol. The van der Waals surface area contributed by atoms with Crippen molar-refractivity contribution in [1.29, 1.82) is 0 Å². The molecule has 1 saturated heterocycles. The Morgan fingerprint density at radius 2 is 1.83 bits per heavy atom. The van der Waals surface area contributed by atoms with Gasteiger partial charge in [-0.15, -0.1) is 0 Å². The number of ether oxygens (including phenoxy) is 2. The van der Waals surface area contributed by atoms with E-state index < -0.39 is 5.60 Å². The lowest BCUT2D eigenvalue weighted by Crippen LogP contribution is -2.47. The highest BCUT2D eigenvalue weighted by atomic mass is 35.5. The molecule has 1 aromatic carbocycles. The quantitative estimate of drug-likeness (QED) is 0.663. The van der Waals surface area contributed by atoms with Crippen molar-refractivity contribution in [2.45, 2.75) is 51.4 Å². The van der Waals surface area contributed by atoms with Crippen LogP contribution in [0.15, 0.2) is 48.7 Å². The molecule has 162 valence electrons. The van der Waals surface area contributed by atoms with Crippen molar-refractivity contribution in [3.8, 4) is 0 Å². The highest BCUT2D eigenvalue weighted by molar-refractivity contribution is 6.30. The van der Waals surface area contributed by atoms with Crippen LogP contribution in [0.1, 0.15) is 51.0 Å². The zero-order chi connectivity index (χ0) is 21.7. The number of pyridine rings is 1. The first-order chi connectivity index (χ1) is 14.3.